The summed E-state index contributed by atoms with van der Waals surface area (Å²) in [5.41, 5.74) is 6.44. The summed E-state index contributed by atoms with van der Waals surface area (Å²) in [5.74, 6) is -1.88. The first-order valence-corrected chi connectivity index (χ1v) is 10.6. The fraction of sp³-hybridized carbons (Fsp3) is 0.263. The van der Waals surface area contributed by atoms with Gasteiger partial charge in [0.15, 0.2) is 5.37 Å². The highest BCUT2D eigenvalue weighted by Gasteiger charge is 2.41. The number of benzene rings is 2. The Morgan fingerprint density at radius 2 is 1.83 bits per heavy atom. The van der Waals surface area contributed by atoms with Crippen molar-refractivity contribution in [1.29, 1.82) is 0 Å². The highest BCUT2D eigenvalue weighted by Crippen LogP contribution is 2.20. The average Bonchev–Trinajstić information content (AvgIpc) is 3.20. The Balaban J connectivity index is 1.72. The van der Waals surface area contributed by atoms with Crippen LogP contribution in [0.25, 0.3) is 0 Å². The van der Waals surface area contributed by atoms with Gasteiger partial charge in [-0.25, -0.2) is 18.6 Å². The van der Waals surface area contributed by atoms with E-state index in [1.54, 1.807) is 55.5 Å². The normalized spacial score (nSPS) is 18.8. The predicted molar refractivity (Wildman–Crippen MR) is 108 cm³/mol. The van der Waals surface area contributed by atoms with Gasteiger partial charge in [0, 0.05) is 17.9 Å². The number of nitrogens with one attached hydrogen (secondary N) is 4. The molecule has 4 N–H and O–H groups in total. The Morgan fingerprint density at radius 1 is 1.10 bits per heavy atom. The minimum atomic E-state index is -3.89. The van der Waals surface area contributed by atoms with E-state index in [1.165, 1.54) is 6.07 Å². The predicted octanol–water partition coefficient (Wildman–Crippen LogP) is 1.29. The molecule has 0 aromatic heterocycles. The van der Waals surface area contributed by atoms with Gasteiger partial charge in [-0.05, 0) is 37.3 Å². The molecule has 1 heterocycles. The van der Waals surface area contributed by atoms with Crippen LogP contribution in [0.15, 0.2) is 54.6 Å². The molecule has 1 saturated heterocycles. The zero-order valence-corrected chi connectivity index (χ0v) is 16.5. The number of hydrazine groups is 1. The molecule has 0 bridgehead atoms. The quantitative estimate of drug-likeness (QED) is 0.499. The third-order valence-electron chi connectivity index (χ3n) is 4.28. The number of amides is 1. The summed E-state index contributed by atoms with van der Waals surface area (Å²) < 4.78 is 32.9. The van der Waals surface area contributed by atoms with Crippen molar-refractivity contribution in [1.82, 2.24) is 10.9 Å². The number of carbonyl (C=O) groups is 2. The van der Waals surface area contributed by atoms with E-state index in [0.29, 0.717) is 16.9 Å². The number of para-hydroxylation sites is 1. The fourth-order valence-corrected chi connectivity index (χ4v) is 4.39. The van der Waals surface area contributed by atoms with Gasteiger partial charge in [-0.1, -0.05) is 24.3 Å². The molecule has 2 aromatic rings. The van der Waals surface area contributed by atoms with Gasteiger partial charge in [-0.15, -0.1) is 0 Å². The standard InChI is InChI=1S/C19H22N4O5S/c1-2-28-19(25)13-7-6-10-15(11-13)21-17(24)16-12-20-22-18(16)29(26,27)23-14-8-4-3-5-9-14/h3-11,16,18,20,22-23H,2,12H2,1H3,(H,21,24). The van der Waals surface area contributed by atoms with Gasteiger partial charge in [0.05, 0.1) is 18.1 Å². The lowest BCUT2D eigenvalue weighted by Crippen LogP contribution is -2.45. The summed E-state index contributed by atoms with van der Waals surface area (Å²) in [4.78, 5) is 24.6. The van der Waals surface area contributed by atoms with Gasteiger partial charge >= 0.3 is 5.97 Å². The first-order chi connectivity index (χ1) is 13.9. The van der Waals surface area contributed by atoms with E-state index in [-0.39, 0.29) is 13.2 Å². The second-order valence-electron chi connectivity index (χ2n) is 6.36. The number of ether oxygens (including phenoxy) is 1. The molecule has 2 aromatic carbocycles. The van der Waals surface area contributed by atoms with Crippen molar-refractivity contribution in [3.63, 3.8) is 0 Å². The van der Waals surface area contributed by atoms with E-state index >= 15 is 0 Å². The third kappa shape index (κ3) is 5.11. The van der Waals surface area contributed by atoms with Crippen LogP contribution in [0.1, 0.15) is 17.3 Å². The number of anilines is 2. The molecule has 9 nitrogen and oxygen atoms in total. The smallest absolute Gasteiger partial charge is 0.338 e. The van der Waals surface area contributed by atoms with Gasteiger partial charge in [0.1, 0.15) is 0 Å². The molecule has 0 radical (unpaired) electrons. The lowest BCUT2D eigenvalue weighted by atomic mass is 10.1. The maximum atomic E-state index is 12.7. The summed E-state index contributed by atoms with van der Waals surface area (Å²) in [6.07, 6.45) is 0. The van der Waals surface area contributed by atoms with Gasteiger partial charge in [-0.3, -0.25) is 14.9 Å². The minimum Gasteiger partial charge on any atom is -0.462 e. The van der Waals surface area contributed by atoms with Crippen molar-refractivity contribution >= 4 is 33.3 Å². The second-order valence-corrected chi connectivity index (χ2v) is 8.16. The van der Waals surface area contributed by atoms with E-state index in [2.05, 4.69) is 20.9 Å². The first kappa shape index (κ1) is 20.8. The van der Waals surface area contributed by atoms with Crippen molar-refractivity contribution < 1.29 is 22.7 Å². The highest BCUT2D eigenvalue weighted by molar-refractivity contribution is 7.93. The summed E-state index contributed by atoms with van der Waals surface area (Å²) in [5, 5.41) is 1.50. The Kier molecular flexibility index (Phi) is 6.47. The Hall–Kier alpha value is -2.95. The van der Waals surface area contributed by atoms with Crippen molar-refractivity contribution in [3.8, 4) is 0 Å². The van der Waals surface area contributed by atoms with Crippen molar-refractivity contribution in [2.45, 2.75) is 12.3 Å². The van der Waals surface area contributed by atoms with Crippen LogP contribution >= 0.6 is 0 Å². The SMILES string of the molecule is CCOC(=O)c1cccc(NC(=O)C2CNNC2S(=O)(=O)Nc2ccccc2)c1. The first-order valence-electron chi connectivity index (χ1n) is 9.04. The van der Waals surface area contributed by atoms with Crippen molar-refractivity contribution in [2.75, 3.05) is 23.2 Å². The molecule has 2 unspecified atom stereocenters. The molecule has 1 aliphatic rings. The molecule has 154 valence electrons. The number of sulfonamides is 1. The monoisotopic (exact) mass is 418 g/mol. The van der Waals surface area contributed by atoms with E-state index < -0.39 is 33.2 Å². The van der Waals surface area contributed by atoms with Crippen LogP contribution in [0.4, 0.5) is 11.4 Å². The van der Waals surface area contributed by atoms with Crippen molar-refractivity contribution in [2.24, 2.45) is 5.92 Å². The Labute approximate surface area is 168 Å². The summed E-state index contributed by atoms with van der Waals surface area (Å²) in [6.45, 7) is 2.07. The summed E-state index contributed by atoms with van der Waals surface area (Å²) >= 11 is 0. The van der Waals surface area contributed by atoms with Crippen LogP contribution < -0.4 is 20.9 Å². The maximum Gasteiger partial charge on any atom is 0.338 e. The number of hydrogen-bond donors (Lipinski definition) is 4. The number of hydrogen-bond acceptors (Lipinski definition) is 7. The summed E-state index contributed by atoms with van der Waals surface area (Å²) in [7, 11) is -3.89. The Bertz CT molecular complexity index is 981. The average molecular weight is 418 g/mol. The van der Waals surface area contributed by atoms with Gasteiger partial charge < -0.3 is 10.1 Å². The second kappa shape index (κ2) is 9.03. The minimum absolute atomic E-state index is 0.129. The molecule has 3 rings (SSSR count). The van der Waals surface area contributed by atoms with E-state index in [0.717, 1.165) is 0 Å². The van der Waals surface area contributed by atoms with Gasteiger partial charge in [0.2, 0.25) is 5.91 Å². The molecule has 2 atom stereocenters. The third-order valence-corrected chi connectivity index (χ3v) is 5.91. The molecule has 1 fully saturated rings. The van der Waals surface area contributed by atoms with Gasteiger partial charge in [0.25, 0.3) is 10.0 Å². The van der Waals surface area contributed by atoms with Crippen LogP contribution in [0.3, 0.4) is 0 Å². The van der Waals surface area contributed by atoms with E-state index in [1.807, 2.05) is 0 Å². The molecule has 1 amide bonds. The van der Waals surface area contributed by atoms with E-state index in [4.69, 9.17) is 4.74 Å². The van der Waals surface area contributed by atoms with Crippen LogP contribution in [-0.2, 0) is 19.6 Å². The van der Waals surface area contributed by atoms with Crippen LogP contribution in [0.2, 0.25) is 0 Å². The van der Waals surface area contributed by atoms with Crippen LogP contribution in [0.5, 0.6) is 0 Å². The topological polar surface area (TPSA) is 126 Å². The molecular formula is C19H22N4O5S. The summed E-state index contributed by atoms with van der Waals surface area (Å²) in [6, 6.07) is 14.7. The molecule has 1 aliphatic heterocycles. The van der Waals surface area contributed by atoms with Crippen LogP contribution in [-0.4, -0.2) is 38.8 Å². The number of carbonyl (C=O) groups excluding carboxylic acids is 2. The fourth-order valence-electron chi connectivity index (χ4n) is 2.91. The largest absolute Gasteiger partial charge is 0.462 e. The molecule has 0 aliphatic carbocycles. The molecule has 0 saturated carbocycles. The zero-order chi connectivity index (χ0) is 20.9. The number of esters is 1. The zero-order valence-electron chi connectivity index (χ0n) is 15.7. The molecule has 29 heavy (non-hydrogen) atoms. The lowest BCUT2D eigenvalue weighted by molar-refractivity contribution is -0.119. The van der Waals surface area contributed by atoms with Crippen LogP contribution in [0, 0.1) is 5.92 Å². The highest BCUT2D eigenvalue weighted by atomic mass is 32.2. The van der Waals surface area contributed by atoms with E-state index in [9.17, 15) is 18.0 Å². The molecule has 0 spiro atoms. The number of rotatable bonds is 7. The van der Waals surface area contributed by atoms with Gasteiger partial charge in [-0.2, -0.15) is 0 Å². The molecular weight excluding hydrogens is 396 g/mol. The lowest BCUT2D eigenvalue weighted by Gasteiger charge is -2.19. The maximum absolute atomic E-state index is 12.7. The Morgan fingerprint density at radius 3 is 2.55 bits per heavy atom. The molecule has 10 heteroatoms. The van der Waals surface area contributed by atoms with Crippen molar-refractivity contribution in [3.05, 3.63) is 60.2 Å².